The minimum absolute atomic E-state index is 0.00333. The van der Waals surface area contributed by atoms with E-state index < -0.39 is 11.0 Å². The zero-order chi connectivity index (χ0) is 13.4. The van der Waals surface area contributed by atoms with E-state index in [4.69, 9.17) is 0 Å². The molecule has 1 N–H and O–H groups in total. The third kappa shape index (κ3) is 2.02. The molecule has 2 rings (SSSR count). The number of nitrogens with zero attached hydrogens (tertiary/aromatic N) is 3. The van der Waals surface area contributed by atoms with Gasteiger partial charge in [0.2, 0.25) is 0 Å². The molecule has 1 unspecified atom stereocenters. The molecule has 0 aliphatic rings. The molecule has 0 radical (unpaired) electrons. The number of hydrogen-bond donors (Lipinski definition) is 1. The maximum Gasteiger partial charge on any atom is 0.304 e. The van der Waals surface area contributed by atoms with E-state index in [-0.39, 0.29) is 5.69 Å². The average Bonchev–Trinajstić information content (AvgIpc) is 2.85. The van der Waals surface area contributed by atoms with Gasteiger partial charge in [0, 0.05) is 16.6 Å². The second-order valence-corrected chi connectivity index (χ2v) is 5.12. The number of aromatic nitrogens is 2. The SMILES string of the molecule is Cc1ncn(-c2sc(C(C)O)cc2[N+](=O)[O-])c1C. The van der Waals surface area contributed by atoms with Crippen molar-refractivity contribution in [3.63, 3.8) is 0 Å². The van der Waals surface area contributed by atoms with Crippen LogP contribution in [0.2, 0.25) is 0 Å². The summed E-state index contributed by atoms with van der Waals surface area (Å²) in [6.45, 7) is 5.29. The van der Waals surface area contributed by atoms with Gasteiger partial charge in [-0.25, -0.2) is 4.98 Å². The number of imidazole rings is 1. The van der Waals surface area contributed by atoms with Gasteiger partial charge in [-0.05, 0) is 20.8 Å². The number of aliphatic hydroxyl groups is 1. The third-order valence-corrected chi connectivity index (χ3v) is 4.09. The lowest BCUT2D eigenvalue weighted by Gasteiger charge is -2.01. The van der Waals surface area contributed by atoms with Crippen LogP contribution in [0.25, 0.3) is 5.00 Å². The molecule has 0 saturated heterocycles. The van der Waals surface area contributed by atoms with Gasteiger partial charge < -0.3 is 5.11 Å². The first kappa shape index (κ1) is 12.7. The van der Waals surface area contributed by atoms with E-state index in [9.17, 15) is 15.2 Å². The van der Waals surface area contributed by atoms with Crippen molar-refractivity contribution in [2.24, 2.45) is 0 Å². The number of aliphatic hydroxyl groups excluding tert-OH is 1. The van der Waals surface area contributed by atoms with Gasteiger partial charge in [0.05, 0.1) is 16.7 Å². The van der Waals surface area contributed by atoms with Crippen LogP contribution in [-0.2, 0) is 0 Å². The lowest BCUT2D eigenvalue weighted by molar-refractivity contribution is -0.384. The standard InChI is InChI=1S/C11H13N3O3S/c1-6-7(2)13(5-12-6)11-9(14(16)17)4-10(18-11)8(3)15/h4-5,8,15H,1-3H3. The van der Waals surface area contributed by atoms with Gasteiger partial charge in [0.25, 0.3) is 0 Å². The van der Waals surface area contributed by atoms with Crippen LogP contribution in [0, 0.1) is 24.0 Å². The molecule has 2 aromatic heterocycles. The largest absolute Gasteiger partial charge is 0.388 e. The smallest absolute Gasteiger partial charge is 0.304 e. The molecule has 0 amide bonds. The number of rotatable bonds is 3. The molecule has 18 heavy (non-hydrogen) atoms. The van der Waals surface area contributed by atoms with E-state index in [0.29, 0.717) is 9.88 Å². The fourth-order valence-corrected chi connectivity index (χ4v) is 2.69. The molecule has 0 aliphatic heterocycles. The minimum atomic E-state index is -0.715. The molecule has 0 spiro atoms. The molecule has 0 fully saturated rings. The molecule has 2 heterocycles. The van der Waals surface area contributed by atoms with Crippen LogP contribution in [0.4, 0.5) is 5.69 Å². The number of nitro groups is 1. The summed E-state index contributed by atoms with van der Waals surface area (Å²) in [7, 11) is 0. The first-order chi connectivity index (χ1) is 8.41. The fraction of sp³-hybridized carbons (Fsp3) is 0.364. The van der Waals surface area contributed by atoms with E-state index in [1.54, 1.807) is 17.8 Å². The summed E-state index contributed by atoms with van der Waals surface area (Å²) in [4.78, 5) is 15.3. The molecule has 0 bridgehead atoms. The van der Waals surface area contributed by atoms with Gasteiger partial charge in [0.1, 0.15) is 6.33 Å². The zero-order valence-corrected chi connectivity index (χ0v) is 11.1. The topological polar surface area (TPSA) is 81.2 Å². The molecule has 6 nitrogen and oxygen atoms in total. The number of aryl methyl sites for hydroxylation is 1. The summed E-state index contributed by atoms with van der Waals surface area (Å²) >= 11 is 1.21. The van der Waals surface area contributed by atoms with Crippen molar-refractivity contribution in [3.8, 4) is 5.00 Å². The van der Waals surface area contributed by atoms with Crippen LogP contribution in [0.3, 0.4) is 0 Å². The molecular formula is C11H13N3O3S. The van der Waals surface area contributed by atoms with E-state index in [1.165, 1.54) is 17.4 Å². The Hall–Kier alpha value is -1.73. The lowest BCUT2D eigenvalue weighted by atomic mass is 10.3. The summed E-state index contributed by atoms with van der Waals surface area (Å²) in [5.74, 6) is 0. The van der Waals surface area contributed by atoms with E-state index in [2.05, 4.69) is 4.98 Å². The van der Waals surface area contributed by atoms with Crippen molar-refractivity contribution in [3.05, 3.63) is 38.8 Å². The van der Waals surface area contributed by atoms with Gasteiger partial charge in [0.15, 0.2) is 5.00 Å². The first-order valence-corrected chi connectivity index (χ1v) is 6.20. The molecule has 0 aliphatic carbocycles. The van der Waals surface area contributed by atoms with Crippen molar-refractivity contribution < 1.29 is 10.0 Å². The van der Waals surface area contributed by atoms with E-state index in [0.717, 1.165) is 11.4 Å². The highest BCUT2D eigenvalue weighted by Crippen LogP contribution is 2.36. The van der Waals surface area contributed by atoms with E-state index in [1.807, 2.05) is 13.8 Å². The summed E-state index contributed by atoms with van der Waals surface area (Å²) in [6.07, 6.45) is 0.849. The molecule has 1 atom stereocenters. The highest BCUT2D eigenvalue weighted by molar-refractivity contribution is 7.15. The number of thiophene rings is 1. The maximum absolute atomic E-state index is 11.0. The Bertz CT molecular complexity index is 601. The Morgan fingerprint density at radius 2 is 2.22 bits per heavy atom. The Kier molecular flexibility index (Phi) is 3.18. The van der Waals surface area contributed by atoms with Crippen LogP contribution in [0.1, 0.15) is 29.3 Å². The summed E-state index contributed by atoms with van der Waals surface area (Å²) in [5, 5.41) is 21.1. The Balaban J connectivity index is 2.62. The highest BCUT2D eigenvalue weighted by atomic mass is 32.1. The summed E-state index contributed by atoms with van der Waals surface area (Å²) < 4.78 is 1.68. The molecule has 7 heteroatoms. The van der Waals surface area contributed by atoms with Gasteiger partial charge >= 0.3 is 5.69 Å². The predicted molar refractivity (Wildman–Crippen MR) is 68.2 cm³/mol. The van der Waals surface area contributed by atoms with Crippen LogP contribution >= 0.6 is 11.3 Å². The van der Waals surface area contributed by atoms with Crippen molar-refractivity contribution in [1.29, 1.82) is 0 Å². The van der Waals surface area contributed by atoms with Crippen molar-refractivity contribution in [1.82, 2.24) is 9.55 Å². The van der Waals surface area contributed by atoms with Gasteiger partial charge in [-0.2, -0.15) is 0 Å². The molecule has 0 saturated carbocycles. The first-order valence-electron chi connectivity index (χ1n) is 5.39. The fourth-order valence-electron chi connectivity index (χ4n) is 1.60. The monoisotopic (exact) mass is 267 g/mol. The lowest BCUT2D eigenvalue weighted by Crippen LogP contribution is -1.96. The van der Waals surface area contributed by atoms with Gasteiger partial charge in [-0.3, -0.25) is 14.7 Å². The Labute approximate surface area is 108 Å². The number of hydrogen-bond acceptors (Lipinski definition) is 5. The quantitative estimate of drug-likeness (QED) is 0.684. The van der Waals surface area contributed by atoms with Gasteiger partial charge in [-0.1, -0.05) is 0 Å². The van der Waals surface area contributed by atoms with Crippen molar-refractivity contribution in [2.45, 2.75) is 26.9 Å². The minimum Gasteiger partial charge on any atom is -0.388 e. The Morgan fingerprint density at radius 1 is 1.56 bits per heavy atom. The van der Waals surface area contributed by atoms with Crippen molar-refractivity contribution >= 4 is 17.0 Å². The third-order valence-electron chi connectivity index (χ3n) is 2.79. The molecule has 2 aromatic rings. The zero-order valence-electron chi connectivity index (χ0n) is 10.2. The Morgan fingerprint density at radius 3 is 2.67 bits per heavy atom. The van der Waals surface area contributed by atoms with Crippen LogP contribution < -0.4 is 0 Å². The molecular weight excluding hydrogens is 254 g/mol. The second kappa shape index (κ2) is 4.51. The van der Waals surface area contributed by atoms with E-state index >= 15 is 0 Å². The normalized spacial score (nSPS) is 12.7. The van der Waals surface area contributed by atoms with Crippen LogP contribution in [0.15, 0.2) is 12.4 Å². The maximum atomic E-state index is 11.0. The second-order valence-electron chi connectivity index (χ2n) is 4.06. The summed E-state index contributed by atoms with van der Waals surface area (Å²) in [6, 6.07) is 1.42. The average molecular weight is 267 g/mol. The van der Waals surface area contributed by atoms with Crippen LogP contribution in [0.5, 0.6) is 0 Å². The van der Waals surface area contributed by atoms with Crippen LogP contribution in [-0.4, -0.2) is 19.6 Å². The molecule has 0 aromatic carbocycles. The predicted octanol–water partition coefficient (Wildman–Crippen LogP) is 2.51. The molecule has 96 valence electrons. The summed E-state index contributed by atoms with van der Waals surface area (Å²) in [5.41, 5.74) is 1.68. The van der Waals surface area contributed by atoms with Gasteiger partial charge in [-0.15, -0.1) is 11.3 Å². The van der Waals surface area contributed by atoms with Crippen molar-refractivity contribution in [2.75, 3.05) is 0 Å². The highest BCUT2D eigenvalue weighted by Gasteiger charge is 2.23.